The van der Waals surface area contributed by atoms with E-state index >= 15 is 0 Å². The fourth-order valence-electron chi connectivity index (χ4n) is 4.90. The second-order valence-electron chi connectivity index (χ2n) is 8.03. The van der Waals surface area contributed by atoms with E-state index in [1.807, 2.05) is 90.0 Å². The molecule has 150 valence electrons. The van der Waals surface area contributed by atoms with E-state index in [9.17, 15) is 15.3 Å². The Balaban J connectivity index is 1.77. The fourth-order valence-corrected chi connectivity index (χ4v) is 5.83. The summed E-state index contributed by atoms with van der Waals surface area (Å²) in [4.78, 5) is 16.9. The number of nitriles is 2. The number of thiophene rings is 1. The molecule has 3 heterocycles. The molecule has 0 amide bonds. The molecular formula is C26H19N3OS. The summed E-state index contributed by atoms with van der Waals surface area (Å²) in [5.41, 5.74) is 2.16. The van der Waals surface area contributed by atoms with Crippen LogP contribution in [0.5, 0.6) is 0 Å². The Kier molecular flexibility index (Phi) is 4.50. The summed E-state index contributed by atoms with van der Waals surface area (Å²) >= 11 is 1.49. The van der Waals surface area contributed by atoms with E-state index in [1.54, 1.807) is 0 Å². The molecule has 4 nitrogen and oxygen atoms in total. The Morgan fingerprint density at radius 1 is 1.03 bits per heavy atom. The number of rotatable bonds is 3. The molecule has 1 saturated heterocycles. The van der Waals surface area contributed by atoms with Gasteiger partial charge >= 0.3 is 0 Å². The van der Waals surface area contributed by atoms with Gasteiger partial charge < -0.3 is 4.90 Å². The lowest BCUT2D eigenvalue weighted by Gasteiger charge is -2.35. The third-order valence-electron chi connectivity index (χ3n) is 6.37. The maximum absolute atomic E-state index is 14.0. The van der Waals surface area contributed by atoms with Crippen molar-refractivity contribution in [1.29, 1.82) is 10.5 Å². The Morgan fingerprint density at radius 3 is 2.45 bits per heavy atom. The molecule has 5 heteroatoms. The Labute approximate surface area is 185 Å². The normalized spacial score (nSPS) is 22.8. The average Bonchev–Trinajstić information content (AvgIpc) is 3.43. The second-order valence-corrected chi connectivity index (χ2v) is 9.01. The first-order valence-electron chi connectivity index (χ1n) is 10.1. The lowest BCUT2D eigenvalue weighted by atomic mass is 9.71. The van der Waals surface area contributed by atoms with Crippen LogP contribution in [-0.4, -0.2) is 17.9 Å². The van der Waals surface area contributed by atoms with Crippen LogP contribution in [-0.2, 0) is 0 Å². The number of hydrogen-bond donors (Lipinski definition) is 0. The standard InChI is InChI=1S/C26H19N3OS/c1-17-8-10-19(11-9-17)25(30)24-23(21-7-4-14-31-21)26(15-27,16-28)22-13-12-18-5-2-3-6-20(18)29(22)24/h2-14,22-24H,1H3/t22-,23-,24-/m0/s1. The predicted octanol–water partition coefficient (Wildman–Crippen LogP) is 5.34. The van der Waals surface area contributed by atoms with E-state index in [-0.39, 0.29) is 5.78 Å². The van der Waals surface area contributed by atoms with Crippen molar-refractivity contribution in [2.45, 2.75) is 24.9 Å². The average molecular weight is 422 g/mol. The van der Waals surface area contributed by atoms with Gasteiger partial charge in [0.25, 0.3) is 0 Å². The number of aryl methyl sites for hydroxylation is 1. The molecule has 3 atom stereocenters. The molecule has 0 saturated carbocycles. The number of benzene rings is 2. The molecule has 1 aromatic heterocycles. The van der Waals surface area contributed by atoms with Gasteiger partial charge in [0.05, 0.1) is 24.1 Å². The maximum atomic E-state index is 14.0. The highest BCUT2D eigenvalue weighted by atomic mass is 32.1. The molecule has 2 aliphatic heterocycles. The fraction of sp³-hybridized carbons (Fsp3) is 0.192. The largest absolute Gasteiger partial charge is 0.351 e. The lowest BCUT2D eigenvalue weighted by Crippen LogP contribution is -2.44. The van der Waals surface area contributed by atoms with Crippen molar-refractivity contribution < 1.29 is 4.79 Å². The number of anilines is 1. The Bertz CT molecular complexity index is 1250. The minimum atomic E-state index is -1.38. The van der Waals surface area contributed by atoms with Crippen molar-refractivity contribution >= 4 is 28.9 Å². The molecule has 1 fully saturated rings. The van der Waals surface area contributed by atoms with E-state index in [0.29, 0.717) is 5.56 Å². The summed E-state index contributed by atoms with van der Waals surface area (Å²) in [5.74, 6) is -0.627. The second kappa shape index (κ2) is 7.23. The first-order valence-corrected chi connectivity index (χ1v) is 11.0. The summed E-state index contributed by atoms with van der Waals surface area (Å²) in [6, 6.07) is 22.7. The highest BCUT2D eigenvalue weighted by Gasteiger charge is 2.63. The van der Waals surface area contributed by atoms with E-state index < -0.39 is 23.4 Å². The van der Waals surface area contributed by atoms with Gasteiger partial charge in [-0.15, -0.1) is 11.3 Å². The van der Waals surface area contributed by atoms with Crippen molar-refractivity contribution in [3.05, 3.63) is 93.7 Å². The van der Waals surface area contributed by atoms with Crippen molar-refractivity contribution in [3.63, 3.8) is 0 Å². The van der Waals surface area contributed by atoms with Gasteiger partial charge in [-0.25, -0.2) is 0 Å². The summed E-state index contributed by atoms with van der Waals surface area (Å²) in [5, 5.41) is 22.6. The van der Waals surface area contributed by atoms with E-state index in [0.717, 1.165) is 21.7 Å². The molecule has 0 N–H and O–H groups in total. The number of nitrogens with zero attached hydrogens (tertiary/aromatic N) is 3. The number of para-hydroxylation sites is 1. The van der Waals surface area contributed by atoms with Crippen LogP contribution in [0.3, 0.4) is 0 Å². The molecule has 0 bridgehead atoms. The molecule has 0 spiro atoms. The smallest absolute Gasteiger partial charge is 0.185 e. The van der Waals surface area contributed by atoms with Crippen LogP contribution in [0.15, 0.2) is 72.1 Å². The molecule has 3 aromatic rings. The number of hydrogen-bond acceptors (Lipinski definition) is 5. The van der Waals surface area contributed by atoms with Gasteiger partial charge in [0.2, 0.25) is 0 Å². The van der Waals surface area contributed by atoms with Crippen LogP contribution >= 0.6 is 11.3 Å². The molecule has 2 aromatic carbocycles. The van der Waals surface area contributed by atoms with Gasteiger partial charge in [0.15, 0.2) is 11.2 Å². The molecule has 2 aliphatic rings. The van der Waals surface area contributed by atoms with Crippen LogP contribution in [0.4, 0.5) is 5.69 Å². The topological polar surface area (TPSA) is 67.9 Å². The summed E-state index contributed by atoms with van der Waals surface area (Å²) < 4.78 is 0. The minimum Gasteiger partial charge on any atom is -0.351 e. The molecule has 31 heavy (non-hydrogen) atoms. The summed E-state index contributed by atoms with van der Waals surface area (Å²) in [6.07, 6.45) is 3.88. The van der Waals surface area contributed by atoms with E-state index in [1.165, 1.54) is 11.3 Å². The zero-order valence-corrected chi connectivity index (χ0v) is 17.7. The summed E-state index contributed by atoms with van der Waals surface area (Å²) in [7, 11) is 0. The van der Waals surface area contributed by atoms with E-state index in [2.05, 4.69) is 12.1 Å². The number of Topliss-reactive ketones (excluding diaryl/α,β-unsaturated/α-hetero) is 1. The number of fused-ring (bicyclic) bond motifs is 3. The molecule has 5 rings (SSSR count). The highest BCUT2D eigenvalue weighted by Crippen LogP contribution is 2.56. The Hall–Kier alpha value is -3.67. The van der Waals surface area contributed by atoms with Crippen molar-refractivity contribution in [2.75, 3.05) is 4.90 Å². The number of carbonyl (C=O) groups excluding carboxylic acids is 1. The van der Waals surface area contributed by atoms with Crippen LogP contribution in [0.1, 0.15) is 32.3 Å². The maximum Gasteiger partial charge on any atom is 0.185 e. The zero-order valence-electron chi connectivity index (χ0n) is 16.9. The molecule has 0 aliphatic carbocycles. The number of carbonyl (C=O) groups is 1. The van der Waals surface area contributed by atoms with Crippen LogP contribution in [0.25, 0.3) is 6.08 Å². The lowest BCUT2D eigenvalue weighted by molar-refractivity contribution is 0.0951. The SMILES string of the molecule is Cc1ccc(C(=O)[C@@H]2[C@H](c3cccs3)C(C#N)(C#N)[C@@H]3C=Cc4ccccc4N23)cc1. The molecular weight excluding hydrogens is 402 g/mol. The number of ketones is 1. The Morgan fingerprint density at radius 2 is 1.77 bits per heavy atom. The first kappa shape index (κ1) is 19.3. The minimum absolute atomic E-state index is 0.0686. The quantitative estimate of drug-likeness (QED) is 0.535. The predicted molar refractivity (Wildman–Crippen MR) is 122 cm³/mol. The zero-order chi connectivity index (χ0) is 21.6. The van der Waals surface area contributed by atoms with Gasteiger partial charge in [-0.3, -0.25) is 4.79 Å². The summed E-state index contributed by atoms with van der Waals surface area (Å²) in [6.45, 7) is 1.98. The highest BCUT2D eigenvalue weighted by molar-refractivity contribution is 7.10. The van der Waals surface area contributed by atoms with E-state index in [4.69, 9.17) is 0 Å². The van der Waals surface area contributed by atoms with Crippen molar-refractivity contribution in [3.8, 4) is 12.1 Å². The third kappa shape index (κ3) is 2.75. The van der Waals surface area contributed by atoms with Crippen molar-refractivity contribution in [1.82, 2.24) is 0 Å². The van der Waals surface area contributed by atoms with Gasteiger partial charge in [-0.2, -0.15) is 10.5 Å². The third-order valence-corrected chi connectivity index (χ3v) is 7.33. The molecule has 0 radical (unpaired) electrons. The van der Waals surface area contributed by atoms with Crippen LogP contribution in [0.2, 0.25) is 0 Å². The van der Waals surface area contributed by atoms with Gasteiger partial charge in [-0.05, 0) is 30.0 Å². The van der Waals surface area contributed by atoms with Gasteiger partial charge in [-0.1, -0.05) is 66.2 Å². The van der Waals surface area contributed by atoms with Crippen LogP contribution in [0, 0.1) is 35.0 Å². The monoisotopic (exact) mass is 421 g/mol. The van der Waals surface area contributed by atoms with Gasteiger partial charge in [0.1, 0.15) is 6.04 Å². The van der Waals surface area contributed by atoms with Crippen LogP contribution < -0.4 is 4.90 Å². The molecule has 0 unspecified atom stereocenters. The first-order chi connectivity index (χ1) is 15.1. The van der Waals surface area contributed by atoms with Crippen molar-refractivity contribution in [2.24, 2.45) is 5.41 Å². The van der Waals surface area contributed by atoms with Gasteiger partial charge in [0, 0.05) is 16.1 Å².